The van der Waals surface area contributed by atoms with E-state index in [1.165, 1.54) is 0 Å². The average molecular weight is 212 g/mol. The van der Waals surface area contributed by atoms with E-state index in [4.69, 9.17) is 0 Å². The fourth-order valence-corrected chi connectivity index (χ4v) is 2.66. The van der Waals surface area contributed by atoms with Crippen LogP contribution in [0.1, 0.15) is 30.8 Å². The molecule has 0 aromatic carbocycles. The summed E-state index contributed by atoms with van der Waals surface area (Å²) in [5.74, 6) is 0. The summed E-state index contributed by atoms with van der Waals surface area (Å²) in [7, 11) is 0. The molecule has 78 valence electrons. The number of β-amino-alcohol motifs (C(OH)–C–C–N with tert-alkyl or cyclic N) is 1. The summed E-state index contributed by atoms with van der Waals surface area (Å²) < 4.78 is 0. The maximum Gasteiger partial charge on any atom is 0.109 e. The summed E-state index contributed by atoms with van der Waals surface area (Å²) in [5, 5.41) is 12.7. The van der Waals surface area contributed by atoms with Crippen LogP contribution in [0.15, 0.2) is 11.6 Å². The highest BCUT2D eigenvalue weighted by Gasteiger charge is 2.23. The fourth-order valence-electron chi connectivity index (χ4n) is 1.93. The number of aromatic nitrogens is 1. The van der Waals surface area contributed by atoms with Crippen molar-refractivity contribution in [1.82, 2.24) is 9.88 Å². The molecule has 1 aliphatic heterocycles. The van der Waals surface area contributed by atoms with Crippen molar-refractivity contribution >= 4 is 11.3 Å². The third kappa shape index (κ3) is 2.13. The van der Waals surface area contributed by atoms with E-state index >= 15 is 0 Å². The van der Waals surface area contributed by atoms with Gasteiger partial charge in [-0.05, 0) is 26.3 Å². The molecule has 0 bridgehead atoms. The summed E-state index contributed by atoms with van der Waals surface area (Å²) in [6, 6.07) is 0.352. The average Bonchev–Trinajstić information content (AvgIpc) is 2.69. The summed E-state index contributed by atoms with van der Waals surface area (Å²) >= 11 is 1.69. The molecule has 0 radical (unpaired) electrons. The SMILES string of the molecule is CC(c1nccs1)N1CCC[C@@H](O)C1. The van der Waals surface area contributed by atoms with Crippen LogP contribution in [0, 0.1) is 0 Å². The van der Waals surface area contributed by atoms with Crippen molar-refractivity contribution in [3.05, 3.63) is 16.6 Å². The van der Waals surface area contributed by atoms with Gasteiger partial charge in [-0.3, -0.25) is 4.90 Å². The number of aliphatic hydroxyl groups is 1. The molecule has 0 saturated carbocycles. The zero-order valence-electron chi connectivity index (χ0n) is 8.39. The van der Waals surface area contributed by atoms with E-state index in [2.05, 4.69) is 16.8 Å². The monoisotopic (exact) mass is 212 g/mol. The quantitative estimate of drug-likeness (QED) is 0.810. The van der Waals surface area contributed by atoms with E-state index < -0.39 is 0 Å². The van der Waals surface area contributed by atoms with Gasteiger partial charge in [0.15, 0.2) is 0 Å². The molecule has 2 heterocycles. The second kappa shape index (κ2) is 4.38. The molecule has 2 rings (SSSR count). The molecule has 1 saturated heterocycles. The lowest BCUT2D eigenvalue weighted by molar-refractivity contribution is 0.0503. The van der Waals surface area contributed by atoms with Crippen molar-refractivity contribution in [2.24, 2.45) is 0 Å². The molecule has 1 unspecified atom stereocenters. The minimum atomic E-state index is -0.147. The Bertz CT molecular complexity index is 276. The van der Waals surface area contributed by atoms with Gasteiger partial charge in [0.2, 0.25) is 0 Å². The van der Waals surface area contributed by atoms with Crippen LogP contribution in [0.25, 0.3) is 0 Å². The molecule has 1 aliphatic rings. The molecule has 4 heteroatoms. The van der Waals surface area contributed by atoms with Crippen LogP contribution >= 0.6 is 11.3 Å². The molecule has 1 aromatic heterocycles. The van der Waals surface area contributed by atoms with E-state index in [9.17, 15) is 5.11 Å². The lowest BCUT2D eigenvalue weighted by Crippen LogP contribution is -2.39. The Kier molecular flexibility index (Phi) is 3.15. The van der Waals surface area contributed by atoms with Gasteiger partial charge in [-0.15, -0.1) is 11.3 Å². The van der Waals surface area contributed by atoms with Crippen molar-refractivity contribution in [2.45, 2.75) is 31.9 Å². The number of rotatable bonds is 2. The van der Waals surface area contributed by atoms with Crippen molar-refractivity contribution in [1.29, 1.82) is 0 Å². The van der Waals surface area contributed by atoms with Crippen molar-refractivity contribution in [2.75, 3.05) is 13.1 Å². The number of hydrogen-bond donors (Lipinski definition) is 1. The van der Waals surface area contributed by atoms with Crippen molar-refractivity contribution in [3.8, 4) is 0 Å². The van der Waals surface area contributed by atoms with Gasteiger partial charge in [0.25, 0.3) is 0 Å². The molecule has 1 fully saturated rings. The Hall–Kier alpha value is -0.450. The molecular weight excluding hydrogens is 196 g/mol. The Morgan fingerprint density at radius 2 is 2.57 bits per heavy atom. The maximum absolute atomic E-state index is 9.57. The largest absolute Gasteiger partial charge is 0.392 e. The van der Waals surface area contributed by atoms with Gasteiger partial charge in [0.1, 0.15) is 5.01 Å². The molecule has 1 N–H and O–H groups in total. The molecule has 0 spiro atoms. The Labute approximate surface area is 88.4 Å². The van der Waals surface area contributed by atoms with E-state index in [1.807, 2.05) is 11.6 Å². The van der Waals surface area contributed by atoms with Gasteiger partial charge in [0.05, 0.1) is 12.1 Å². The Balaban J connectivity index is 2.00. The van der Waals surface area contributed by atoms with Crippen LogP contribution in [-0.2, 0) is 0 Å². The molecule has 0 amide bonds. The minimum absolute atomic E-state index is 0.147. The highest BCUT2D eigenvalue weighted by Crippen LogP contribution is 2.25. The number of thiazole rings is 1. The van der Waals surface area contributed by atoms with Gasteiger partial charge in [-0.1, -0.05) is 0 Å². The van der Waals surface area contributed by atoms with Crippen LogP contribution in [0.2, 0.25) is 0 Å². The van der Waals surface area contributed by atoms with Crippen LogP contribution in [0.4, 0.5) is 0 Å². The normalized spacial score (nSPS) is 26.3. The second-order valence-corrected chi connectivity index (χ2v) is 4.76. The van der Waals surface area contributed by atoms with Gasteiger partial charge in [-0.2, -0.15) is 0 Å². The van der Waals surface area contributed by atoms with Crippen molar-refractivity contribution in [3.63, 3.8) is 0 Å². The zero-order valence-corrected chi connectivity index (χ0v) is 9.20. The van der Waals surface area contributed by atoms with E-state index in [1.54, 1.807) is 11.3 Å². The van der Waals surface area contributed by atoms with Crippen LogP contribution in [0.3, 0.4) is 0 Å². The van der Waals surface area contributed by atoms with Gasteiger partial charge < -0.3 is 5.11 Å². The topological polar surface area (TPSA) is 36.4 Å². The molecule has 14 heavy (non-hydrogen) atoms. The summed E-state index contributed by atoms with van der Waals surface area (Å²) in [6.07, 6.45) is 3.74. The van der Waals surface area contributed by atoms with Gasteiger partial charge in [0, 0.05) is 18.1 Å². The van der Waals surface area contributed by atoms with Crippen LogP contribution in [0.5, 0.6) is 0 Å². The number of likely N-dealkylation sites (tertiary alicyclic amines) is 1. The smallest absolute Gasteiger partial charge is 0.109 e. The third-order valence-electron chi connectivity index (χ3n) is 2.78. The second-order valence-electron chi connectivity index (χ2n) is 3.84. The molecular formula is C10H16N2OS. The van der Waals surface area contributed by atoms with Crippen LogP contribution in [-0.4, -0.2) is 34.2 Å². The number of aliphatic hydroxyl groups excluding tert-OH is 1. The zero-order chi connectivity index (χ0) is 9.97. The van der Waals surface area contributed by atoms with E-state index in [0.717, 1.165) is 30.9 Å². The lowest BCUT2D eigenvalue weighted by atomic mass is 10.1. The van der Waals surface area contributed by atoms with E-state index in [-0.39, 0.29) is 6.10 Å². The van der Waals surface area contributed by atoms with E-state index in [0.29, 0.717) is 6.04 Å². The number of piperidine rings is 1. The number of nitrogens with zero attached hydrogens (tertiary/aromatic N) is 2. The molecule has 2 atom stereocenters. The lowest BCUT2D eigenvalue weighted by Gasteiger charge is -2.33. The highest BCUT2D eigenvalue weighted by molar-refractivity contribution is 7.09. The first-order valence-electron chi connectivity index (χ1n) is 5.09. The first-order chi connectivity index (χ1) is 6.77. The maximum atomic E-state index is 9.57. The predicted octanol–water partition coefficient (Wildman–Crippen LogP) is 1.66. The van der Waals surface area contributed by atoms with Gasteiger partial charge in [-0.25, -0.2) is 4.98 Å². The first kappa shape index (κ1) is 10.1. The van der Waals surface area contributed by atoms with Gasteiger partial charge >= 0.3 is 0 Å². The fraction of sp³-hybridized carbons (Fsp3) is 0.700. The van der Waals surface area contributed by atoms with Crippen molar-refractivity contribution < 1.29 is 5.11 Å². The predicted molar refractivity (Wildman–Crippen MR) is 57.3 cm³/mol. The third-order valence-corrected chi connectivity index (χ3v) is 3.73. The minimum Gasteiger partial charge on any atom is -0.392 e. The standard InChI is InChI=1S/C10H16N2OS/c1-8(10-11-4-6-14-10)12-5-2-3-9(13)7-12/h4,6,8-9,13H,2-3,5,7H2,1H3/t8?,9-/m1/s1. The molecule has 3 nitrogen and oxygen atoms in total. The van der Waals surface area contributed by atoms with Crippen LogP contribution < -0.4 is 0 Å². The molecule has 1 aromatic rings. The highest BCUT2D eigenvalue weighted by atomic mass is 32.1. The molecule has 0 aliphatic carbocycles. The Morgan fingerprint density at radius 1 is 1.71 bits per heavy atom. The Morgan fingerprint density at radius 3 is 3.21 bits per heavy atom. The summed E-state index contributed by atoms with van der Waals surface area (Å²) in [4.78, 5) is 6.62. The summed E-state index contributed by atoms with van der Waals surface area (Å²) in [5.41, 5.74) is 0. The summed E-state index contributed by atoms with van der Waals surface area (Å²) in [6.45, 7) is 4.04. The first-order valence-corrected chi connectivity index (χ1v) is 5.97. The number of hydrogen-bond acceptors (Lipinski definition) is 4.